The first kappa shape index (κ1) is 9.36. The van der Waals surface area contributed by atoms with Gasteiger partial charge in [0, 0.05) is 10.7 Å². The van der Waals surface area contributed by atoms with Crippen LogP contribution in [0.15, 0.2) is 12.1 Å². The van der Waals surface area contributed by atoms with Crippen LogP contribution in [0.5, 0.6) is 5.75 Å². The molecule has 4 heteroatoms. The van der Waals surface area contributed by atoms with E-state index in [1.54, 1.807) is 6.92 Å². The van der Waals surface area contributed by atoms with Gasteiger partial charge in [-0.15, -0.1) is 0 Å². The van der Waals surface area contributed by atoms with Crippen LogP contribution >= 0.6 is 23.2 Å². The molecule has 1 aromatic carbocycles. The average Bonchev–Trinajstić information content (AvgIpc) is 1.82. The summed E-state index contributed by atoms with van der Waals surface area (Å²) in [5, 5.41) is 17.3. The molecular formula is C8H7Cl2NO. The normalized spacial score (nSPS) is 9.92. The van der Waals surface area contributed by atoms with Gasteiger partial charge in [-0.25, -0.2) is 0 Å². The molecule has 0 bridgehead atoms. The van der Waals surface area contributed by atoms with Crippen molar-refractivity contribution in [3.05, 3.63) is 27.7 Å². The third-order valence-corrected chi connectivity index (χ3v) is 1.93. The maximum absolute atomic E-state index is 9.33. The van der Waals surface area contributed by atoms with Crippen molar-refractivity contribution in [3.8, 4) is 5.75 Å². The van der Waals surface area contributed by atoms with E-state index >= 15 is 0 Å². The molecule has 12 heavy (non-hydrogen) atoms. The molecule has 0 unspecified atom stereocenters. The van der Waals surface area contributed by atoms with E-state index in [1.807, 2.05) is 0 Å². The third-order valence-electron chi connectivity index (χ3n) is 1.41. The molecule has 64 valence electrons. The molecule has 1 rings (SSSR count). The van der Waals surface area contributed by atoms with Gasteiger partial charge < -0.3 is 10.5 Å². The van der Waals surface area contributed by atoms with Crippen LogP contribution in [0, 0.1) is 5.41 Å². The largest absolute Gasteiger partial charge is 0.507 e. The van der Waals surface area contributed by atoms with Crippen LogP contribution in [-0.2, 0) is 0 Å². The van der Waals surface area contributed by atoms with E-state index in [0.717, 1.165) is 0 Å². The molecule has 0 saturated heterocycles. The predicted octanol–water partition coefficient (Wildman–Crippen LogP) is 3.09. The summed E-state index contributed by atoms with van der Waals surface area (Å²) in [7, 11) is 0. The zero-order chi connectivity index (χ0) is 9.30. The molecule has 0 fully saturated rings. The van der Waals surface area contributed by atoms with Crippen molar-refractivity contribution in [2.45, 2.75) is 6.92 Å². The average molecular weight is 204 g/mol. The number of nitrogens with one attached hydrogen (secondary N) is 1. The summed E-state index contributed by atoms with van der Waals surface area (Å²) in [5.74, 6) is -0.0556. The molecule has 0 aromatic heterocycles. The van der Waals surface area contributed by atoms with Crippen molar-refractivity contribution in [2.75, 3.05) is 0 Å². The second kappa shape index (κ2) is 3.33. The minimum absolute atomic E-state index is 0.0556. The Hall–Kier alpha value is -0.730. The van der Waals surface area contributed by atoms with Crippen LogP contribution in [0.3, 0.4) is 0 Å². The quantitative estimate of drug-likeness (QED) is 0.678. The summed E-state index contributed by atoms with van der Waals surface area (Å²) < 4.78 is 0. The molecular weight excluding hydrogens is 197 g/mol. The van der Waals surface area contributed by atoms with E-state index in [-0.39, 0.29) is 11.5 Å². The van der Waals surface area contributed by atoms with Gasteiger partial charge in [0.1, 0.15) is 5.75 Å². The van der Waals surface area contributed by atoms with Gasteiger partial charge >= 0.3 is 0 Å². The molecule has 0 atom stereocenters. The zero-order valence-electron chi connectivity index (χ0n) is 6.36. The van der Waals surface area contributed by atoms with Crippen LogP contribution in [0.2, 0.25) is 10.0 Å². The second-order valence-corrected chi connectivity index (χ2v) is 3.25. The minimum atomic E-state index is -0.0556. The molecule has 0 heterocycles. The molecule has 2 N–H and O–H groups in total. The Balaban J connectivity index is 3.38. The van der Waals surface area contributed by atoms with Crippen LogP contribution in [0.4, 0.5) is 0 Å². The van der Waals surface area contributed by atoms with Crippen molar-refractivity contribution in [1.82, 2.24) is 0 Å². The van der Waals surface area contributed by atoms with Gasteiger partial charge in [-0.1, -0.05) is 23.2 Å². The van der Waals surface area contributed by atoms with E-state index in [4.69, 9.17) is 28.6 Å². The van der Waals surface area contributed by atoms with Gasteiger partial charge in [0.15, 0.2) is 0 Å². The first-order valence-electron chi connectivity index (χ1n) is 3.26. The smallest absolute Gasteiger partial charge is 0.127 e. The summed E-state index contributed by atoms with van der Waals surface area (Å²) in [6, 6.07) is 2.86. The van der Waals surface area contributed by atoms with Gasteiger partial charge in [0.05, 0.1) is 10.6 Å². The van der Waals surface area contributed by atoms with E-state index in [0.29, 0.717) is 15.6 Å². The lowest BCUT2D eigenvalue weighted by atomic mass is 10.1. The SMILES string of the molecule is CC(=N)c1c(O)cc(Cl)cc1Cl. The zero-order valence-corrected chi connectivity index (χ0v) is 7.87. The molecule has 0 spiro atoms. The fourth-order valence-electron chi connectivity index (χ4n) is 0.931. The Morgan fingerprint density at radius 3 is 2.42 bits per heavy atom. The standard InChI is InChI=1S/C8H7Cl2NO/c1-4(11)8-6(10)2-5(9)3-7(8)12/h2-3,11-12H,1H3. The lowest BCUT2D eigenvalue weighted by Gasteiger charge is -2.04. The van der Waals surface area contributed by atoms with E-state index in [9.17, 15) is 5.11 Å². The fraction of sp³-hybridized carbons (Fsp3) is 0.125. The summed E-state index contributed by atoms with van der Waals surface area (Å²) >= 11 is 11.4. The van der Waals surface area contributed by atoms with Gasteiger partial charge in [-0.3, -0.25) is 0 Å². The second-order valence-electron chi connectivity index (χ2n) is 2.41. The highest BCUT2D eigenvalue weighted by Gasteiger charge is 2.09. The predicted molar refractivity (Wildman–Crippen MR) is 50.6 cm³/mol. The van der Waals surface area contributed by atoms with E-state index < -0.39 is 0 Å². The first-order chi connectivity index (χ1) is 5.52. The summed E-state index contributed by atoms with van der Waals surface area (Å²) in [6.45, 7) is 1.55. The van der Waals surface area contributed by atoms with Crippen molar-refractivity contribution in [2.24, 2.45) is 0 Å². The molecule has 0 aliphatic carbocycles. The van der Waals surface area contributed by atoms with Crippen molar-refractivity contribution in [3.63, 3.8) is 0 Å². The Bertz CT molecular complexity index is 313. The van der Waals surface area contributed by atoms with Crippen LogP contribution < -0.4 is 0 Å². The number of phenols is 1. The number of benzene rings is 1. The molecule has 0 saturated carbocycles. The van der Waals surface area contributed by atoms with Gasteiger partial charge in [-0.2, -0.15) is 0 Å². The molecule has 0 radical (unpaired) electrons. The summed E-state index contributed by atoms with van der Waals surface area (Å²) in [6.07, 6.45) is 0. The maximum Gasteiger partial charge on any atom is 0.127 e. The molecule has 2 nitrogen and oxygen atoms in total. The Labute approximate surface area is 80.2 Å². The van der Waals surface area contributed by atoms with Crippen LogP contribution in [0.25, 0.3) is 0 Å². The van der Waals surface area contributed by atoms with Gasteiger partial charge in [-0.05, 0) is 19.1 Å². The van der Waals surface area contributed by atoms with E-state index in [2.05, 4.69) is 0 Å². The summed E-state index contributed by atoms with van der Waals surface area (Å²) in [4.78, 5) is 0. The number of hydrogen-bond donors (Lipinski definition) is 2. The Kier molecular flexibility index (Phi) is 2.60. The highest BCUT2D eigenvalue weighted by atomic mass is 35.5. The number of aromatic hydroxyl groups is 1. The van der Waals surface area contributed by atoms with Crippen LogP contribution in [-0.4, -0.2) is 10.8 Å². The number of phenolic OH excluding ortho intramolecular Hbond substituents is 1. The first-order valence-corrected chi connectivity index (χ1v) is 4.01. The molecule has 0 amide bonds. The number of hydrogen-bond acceptors (Lipinski definition) is 2. The number of rotatable bonds is 1. The highest BCUT2D eigenvalue weighted by Crippen LogP contribution is 2.29. The fourth-order valence-corrected chi connectivity index (χ4v) is 1.56. The van der Waals surface area contributed by atoms with Crippen molar-refractivity contribution in [1.29, 1.82) is 5.41 Å². The van der Waals surface area contributed by atoms with E-state index in [1.165, 1.54) is 12.1 Å². The van der Waals surface area contributed by atoms with Crippen molar-refractivity contribution < 1.29 is 5.11 Å². The maximum atomic E-state index is 9.33. The third kappa shape index (κ3) is 1.71. The number of halogens is 2. The highest BCUT2D eigenvalue weighted by molar-refractivity contribution is 6.37. The summed E-state index contributed by atoms with van der Waals surface area (Å²) in [5.41, 5.74) is 0.551. The molecule has 0 aliphatic heterocycles. The minimum Gasteiger partial charge on any atom is -0.507 e. The Morgan fingerprint density at radius 2 is 2.00 bits per heavy atom. The van der Waals surface area contributed by atoms with Crippen molar-refractivity contribution >= 4 is 28.9 Å². The molecule has 1 aromatic rings. The topological polar surface area (TPSA) is 44.1 Å². The molecule has 0 aliphatic rings. The lowest BCUT2D eigenvalue weighted by Crippen LogP contribution is -1.93. The van der Waals surface area contributed by atoms with Gasteiger partial charge in [0.25, 0.3) is 0 Å². The monoisotopic (exact) mass is 203 g/mol. The lowest BCUT2D eigenvalue weighted by molar-refractivity contribution is 0.474. The van der Waals surface area contributed by atoms with Gasteiger partial charge in [0.2, 0.25) is 0 Å². The Morgan fingerprint density at radius 1 is 1.42 bits per heavy atom. The van der Waals surface area contributed by atoms with Crippen LogP contribution in [0.1, 0.15) is 12.5 Å².